The van der Waals surface area contributed by atoms with Crippen LogP contribution in [-0.2, 0) is 4.74 Å². The van der Waals surface area contributed by atoms with Crippen LogP contribution in [0.2, 0.25) is 5.28 Å². The Bertz CT molecular complexity index is 882. The number of hydrogen-bond donors (Lipinski definition) is 1. The van der Waals surface area contributed by atoms with Gasteiger partial charge in [0.15, 0.2) is 0 Å². The van der Waals surface area contributed by atoms with Crippen LogP contribution in [-0.4, -0.2) is 59.2 Å². The molecule has 0 bridgehead atoms. The highest BCUT2D eigenvalue weighted by Crippen LogP contribution is 2.32. The Morgan fingerprint density at radius 1 is 0.900 bits per heavy atom. The van der Waals surface area contributed by atoms with E-state index in [0.29, 0.717) is 11.9 Å². The predicted octanol–water partition coefficient (Wildman–Crippen LogP) is 4.13. The van der Waals surface area contributed by atoms with E-state index < -0.39 is 0 Å². The summed E-state index contributed by atoms with van der Waals surface area (Å²) in [6, 6.07) is 20.0. The normalized spacial score (nSPS) is 14.4. The molecule has 0 atom stereocenters. The van der Waals surface area contributed by atoms with Crippen LogP contribution in [0.3, 0.4) is 0 Å². The molecule has 7 nitrogen and oxygen atoms in total. The van der Waals surface area contributed by atoms with Gasteiger partial charge in [-0.3, -0.25) is 9.80 Å². The fourth-order valence-electron chi connectivity index (χ4n) is 3.38. The number of aromatic nitrogens is 3. The molecule has 4 rings (SSSR count). The number of nitrogens with one attached hydrogen (secondary N) is 1. The molecule has 0 aliphatic carbocycles. The third-order valence-electron chi connectivity index (χ3n) is 4.86. The number of rotatable bonds is 8. The molecule has 0 spiro atoms. The van der Waals surface area contributed by atoms with Crippen LogP contribution < -0.4 is 10.2 Å². The van der Waals surface area contributed by atoms with Gasteiger partial charge in [0, 0.05) is 31.0 Å². The highest BCUT2D eigenvalue weighted by Gasteiger charge is 2.17. The first-order chi connectivity index (χ1) is 14.8. The molecule has 2 aromatic carbocycles. The van der Waals surface area contributed by atoms with Gasteiger partial charge in [0.25, 0.3) is 0 Å². The second-order valence-electron chi connectivity index (χ2n) is 6.97. The van der Waals surface area contributed by atoms with Crippen LogP contribution in [0.25, 0.3) is 0 Å². The molecule has 1 fully saturated rings. The van der Waals surface area contributed by atoms with Crippen LogP contribution in [0, 0.1) is 0 Å². The second kappa shape index (κ2) is 10.3. The standard InChI is InChI=1S/C22H25ClN6O/c23-20-25-21(24-12-7-13-28-14-16-30-17-15-28)27-22(26-20)29(18-8-3-1-4-9-18)19-10-5-2-6-11-19/h1-6,8-11H,7,12-17H2,(H,24,25,26,27). The van der Waals surface area contributed by atoms with Crippen molar-refractivity contribution in [1.82, 2.24) is 19.9 Å². The van der Waals surface area contributed by atoms with E-state index in [0.717, 1.165) is 57.2 Å². The number of para-hydroxylation sites is 2. The van der Waals surface area contributed by atoms with Crippen molar-refractivity contribution in [1.29, 1.82) is 0 Å². The Kier molecular flexibility index (Phi) is 7.07. The van der Waals surface area contributed by atoms with E-state index in [1.54, 1.807) is 0 Å². The van der Waals surface area contributed by atoms with Gasteiger partial charge in [-0.25, -0.2) is 0 Å². The molecular formula is C22H25ClN6O. The number of ether oxygens (including phenoxy) is 1. The highest BCUT2D eigenvalue weighted by molar-refractivity contribution is 6.28. The lowest BCUT2D eigenvalue weighted by Crippen LogP contribution is -2.37. The number of benzene rings is 2. The van der Waals surface area contributed by atoms with Gasteiger partial charge in [0.2, 0.25) is 17.2 Å². The van der Waals surface area contributed by atoms with E-state index in [9.17, 15) is 0 Å². The summed E-state index contributed by atoms with van der Waals surface area (Å²) in [4.78, 5) is 17.7. The zero-order valence-electron chi connectivity index (χ0n) is 16.7. The SMILES string of the molecule is Clc1nc(NCCCN2CCOCC2)nc(N(c2ccccc2)c2ccccc2)n1. The van der Waals surface area contributed by atoms with E-state index >= 15 is 0 Å². The van der Waals surface area contributed by atoms with Crippen molar-refractivity contribution >= 4 is 34.9 Å². The van der Waals surface area contributed by atoms with Crippen LogP contribution >= 0.6 is 11.6 Å². The van der Waals surface area contributed by atoms with Gasteiger partial charge in [0.1, 0.15) is 0 Å². The largest absolute Gasteiger partial charge is 0.379 e. The Labute approximate surface area is 181 Å². The predicted molar refractivity (Wildman–Crippen MR) is 120 cm³/mol. The van der Waals surface area contributed by atoms with Crippen molar-refractivity contribution < 1.29 is 4.74 Å². The summed E-state index contributed by atoms with van der Waals surface area (Å²) in [5, 5.41) is 3.45. The van der Waals surface area contributed by atoms with E-state index in [1.807, 2.05) is 65.6 Å². The Morgan fingerprint density at radius 3 is 2.17 bits per heavy atom. The van der Waals surface area contributed by atoms with E-state index in [1.165, 1.54) is 0 Å². The van der Waals surface area contributed by atoms with Crippen molar-refractivity contribution in [3.05, 3.63) is 65.9 Å². The first-order valence-corrected chi connectivity index (χ1v) is 10.5. The molecule has 2 heterocycles. The molecule has 3 aromatic rings. The van der Waals surface area contributed by atoms with E-state index in [-0.39, 0.29) is 5.28 Å². The molecule has 1 aliphatic heterocycles. The van der Waals surface area contributed by atoms with Crippen molar-refractivity contribution in [2.45, 2.75) is 6.42 Å². The fourth-order valence-corrected chi connectivity index (χ4v) is 3.54. The second-order valence-corrected chi connectivity index (χ2v) is 7.31. The molecule has 1 saturated heterocycles. The molecule has 0 saturated carbocycles. The molecule has 156 valence electrons. The molecule has 1 N–H and O–H groups in total. The van der Waals surface area contributed by atoms with Gasteiger partial charge in [-0.1, -0.05) is 36.4 Å². The average Bonchev–Trinajstić information content (AvgIpc) is 2.79. The van der Waals surface area contributed by atoms with Crippen molar-refractivity contribution in [2.75, 3.05) is 49.6 Å². The maximum atomic E-state index is 6.25. The molecule has 30 heavy (non-hydrogen) atoms. The van der Waals surface area contributed by atoms with Crippen LogP contribution in [0.15, 0.2) is 60.7 Å². The number of morpholine rings is 1. The summed E-state index contributed by atoms with van der Waals surface area (Å²) in [6.45, 7) is 5.38. The highest BCUT2D eigenvalue weighted by atomic mass is 35.5. The van der Waals surface area contributed by atoms with Gasteiger partial charge < -0.3 is 10.1 Å². The minimum Gasteiger partial charge on any atom is -0.379 e. The minimum absolute atomic E-state index is 0.160. The van der Waals surface area contributed by atoms with Gasteiger partial charge in [-0.15, -0.1) is 0 Å². The summed E-state index contributed by atoms with van der Waals surface area (Å²) < 4.78 is 5.39. The zero-order chi connectivity index (χ0) is 20.6. The number of nitrogens with zero attached hydrogens (tertiary/aromatic N) is 5. The van der Waals surface area contributed by atoms with Crippen LogP contribution in [0.5, 0.6) is 0 Å². The van der Waals surface area contributed by atoms with Gasteiger partial charge in [-0.05, 0) is 48.8 Å². The van der Waals surface area contributed by atoms with Crippen LogP contribution in [0.4, 0.5) is 23.3 Å². The van der Waals surface area contributed by atoms with Gasteiger partial charge in [0.05, 0.1) is 13.2 Å². The molecule has 1 aliphatic rings. The summed E-state index contributed by atoms with van der Waals surface area (Å²) >= 11 is 6.25. The smallest absolute Gasteiger partial charge is 0.240 e. The fraction of sp³-hybridized carbons (Fsp3) is 0.318. The average molecular weight is 425 g/mol. The molecule has 0 radical (unpaired) electrons. The first kappa shape index (κ1) is 20.5. The van der Waals surface area contributed by atoms with Crippen LogP contribution in [0.1, 0.15) is 6.42 Å². The lowest BCUT2D eigenvalue weighted by molar-refractivity contribution is 0.0378. The summed E-state index contributed by atoms with van der Waals surface area (Å²) in [5.41, 5.74) is 1.90. The summed E-state index contributed by atoms with van der Waals surface area (Å²) in [5.74, 6) is 0.951. The maximum absolute atomic E-state index is 6.25. The van der Waals surface area contributed by atoms with Gasteiger partial charge >= 0.3 is 0 Å². The van der Waals surface area contributed by atoms with Crippen molar-refractivity contribution in [3.8, 4) is 0 Å². The first-order valence-electron chi connectivity index (χ1n) is 10.2. The number of hydrogen-bond acceptors (Lipinski definition) is 7. The zero-order valence-corrected chi connectivity index (χ0v) is 17.5. The lowest BCUT2D eigenvalue weighted by Gasteiger charge is -2.26. The molecule has 8 heteroatoms. The quantitative estimate of drug-likeness (QED) is 0.545. The monoisotopic (exact) mass is 424 g/mol. The number of anilines is 4. The van der Waals surface area contributed by atoms with E-state index in [2.05, 4.69) is 25.2 Å². The summed E-state index contributed by atoms with van der Waals surface area (Å²) in [7, 11) is 0. The molecule has 0 amide bonds. The lowest BCUT2D eigenvalue weighted by atomic mass is 10.2. The molecule has 1 aromatic heterocycles. The Hall–Kier alpha value is -2.74. The summed E-state index contributed by atoms with van der Waals surface area (Å²) in [6.07, 6.45) is 0.986. The molecule has 0 unspecified atom stereocenters. The third kappa shape index (κ3) is 5.44. The van der Waals surface area contributed by atoms with Crippen molar-refractivity contribution in [3.63, 3.8) is 0 Å². The van der Waals surface area contributed by atoms with E-state index in [4.69, 9.17) is 16.3 Å². The van der Waals surface area contributed by atoms with Crippen molar-refractivity contribution in [2.24, 2.45) is 0 Å². The third-order valence-corrected chi connectivity index (χ3v) is 5.03. The Morgan fingerprint density at radius 2 is 1.53 bits per heavy atom. The Balaban J connectivity index is 1.50. The number of halogens is 1. The maximum Gasteiger partial charge on any atom is 0.240 e. The molecular weight excluding hydrogens is 400 g/mol. The van der Waals surface area contributed by atoms with Gasteiger partial charge in [-0.2, -0.15) is 15.0 Å². The minimum atomic E-state index is 0.160. The topological polar surface area (TPSA) is 66.4 Å².